The smallest absolute Gasteiger partial charge is 0.409 e. The van der Waals surface area contributed by atoms with Crippen LogP contribution >= 0.6 is 11.6 Å². The van der Waals surface area contributed by atoms with Crippen molar-refractivity contribution in [2.75, 3.05) is 27.3 Å². The van der Waals surface area contributed by atoms with Gasteiger partial charge < -0.3 is 24.4 Å². The number of carbonyl (C=O) groups excluding carboxylic acids is 2. The molecule has 10 heteroatoms. The maximum Gasteiger partial charge on any atom is 0.409 e. The molecule has 1 N–H and O–H groups in total. The number of piperidine rings is 1. The third-order valence-electron chi connectivity index (χ3n) is 7.28. The number of hydrogen-bond donors (Lipinski definition) is 1. The van der Waals surface area contributed by atoms with Crippen LogP contribution in [-0.2, 0) is 22.6 Å². The topological polar surface area (TPSA) is 93.2 Å². The van der Waals surface area contributed by atoms with E-state index in [9.17, 15) is 9.59 Å². The average molecular weight is 531 g/mol. The lowest BCUT2D eigenvalue weighted by Gasteiger charge is -2.45. The molecule has 2 aliphatic rings. The van der Waals surface area contributed by atoms with Crippen LogP contribution in [-0.4, -0.2) is 78.4 Å². The molecule has 0 aliphatic carbocycles. The number of methoxy groups -OCH3 is 2. The highest BCUT2D eigenvalue weighted by Crippen LogP contribution is 2.30. The second-order valence-corrected chi connectivity index (χ2v) is 10.1. The molecule has 2 saturated heterocycles. The summed E-state index contributed by atoms with van der Waals surface area (Å²) in [4.78, 5) is 33.4. The number of aromatic nitrogens is 1. The first kappa shape index (κ1) is 27.2. The second kappa shape index (κ2) is 12.1. The van der Waals surface area contributed by atoms with Crippen LogP contribution in [0, 0.1) is 0 Å². The number of halogens is 1. The Morgan fingerprint density at radius 2 is 1.95 bits per heavy atom. The molecule has 1 aromatic heterocycles. The lowest BCUT2D eigenvalue weighted by molar-refractivity contribution is -0.0814. The summed E-state index contributed by atoms with van der Waals surface area (Å²) in [5, 5.41) is 3.56. The van der Waals surface area contributed by atoms with Crippen LogP contribution in [0.3, 0.4) is 0 Å². The third kappa shape index (κ3) is 6.52. The van der Waals surface area contributed by atoms with E-state index in [0.717, 1.165) is 17.7 Å². The van der Waals surface area contributed by atoms with E-state index in [2.05, 4.69) is 22.1 Å². The van der Waals surface area contributed by atoms with E-state index in [1.807, 2.05) is 19.1 Å². The molecule has 2 fully saturated rings. The minimum Gasteiger partial charge on any atom is -0.490 e. The van der Waals surface area contributed by atoms with E-state index >= 15 is 0 Å². The Morgan fingerprint density at radius 3 is 2.59 bits per heavy atom. The van der Waals surface area contributed by atoms with Crippen molar-refractivity contribution in [2.45, 2.75) is 64.1 Å². The largest absolute Gasteiger partial charge is 0.490 e. The number of nitrogens with one attached hydrogen (secondary N) is 1. The summed E-state index contributed by atoms with van der Waals surface area (Å²) in [7, 11) is 3.12. The molecule has 3 heterocycles. The van der Waals surface area contributed by atoms with Gasteiger partial charge in [-0.25, -0.2) is 4.79 Å². The number of pyridine rings is 1. The molecule has 2 aromatic rings. The van der Waals surface area contributed by atoms with Gasteiger partial charge in [-0.2, -0.15) is 0 Å². The molecule has 9 nitrogen and oxygen atoms in total. The standard InChI is InChI=1S/C27H35ClN4O5/c1-17-11-22(9-10-32(17)27(34)36-4)37-24-12-23(26(33)30-13-19-5-7-21(28)8-6-19)29-14-20(24)15-31-16-25(35-3)18(31)2/h5-8,12,14,17-18,22,25H,9-11,13,15-16H2,1-4H3,(H,30,33)/t17-,18-,22+,25+/m1/s1. The molecular weight excluding hydrogens is 496 g/mol. The highest BCUT2D eigenvalue weighted by atomic mass is 35.5. The summed E-state index contributed by atoms with van der Waals surface area (Å²) in [6.45, 7) is 6.51. The molecule has 2 amide bonds. The van der Waals surface area contributed by atoms with Crippen molar-refractivity contribution in [3.63, 3.8) is 0 Å². The first-order chi connectivity index (χ1) is 17.8. The number of likely N-dealkylation sites (tertiary alicyclic amines) is 2. The van der Waals surface area contributed by atoms with E-state index in [4.69, 9.17) is 25.8 Å². The Labute approximate surface area is 223 Å². The van der Waals surface area contributed by atoms with Gasteiger partial charge >= 0.3 is 6.09 Å². The number of carbonyl (C=O) groups is 2. The second-order valence-electron chi connectivity index (χ2n) is 9.71. The fraction of sp³-hybridized carbons (Fsp3) is 0.519. The average Bonchev–Trinajstić information content (AvgIpc) is 2.90. The predicted molar refractivity (Wildman–Crippen MR) is 140 cm³/mol. The van der Waals surface area contributed by atoms with Crippen LogP contribution in [0.1, 0.15) is 48.3 Å². The molecule has 0 saturated carbocycles. The van der Waals surface area contributed by atoms with Gasteiger partial charge in [0.05, 0.1) is 13.2 Å². The molecule has 0 radical (unpaired) electrons. The Balaban J connectivity index is 1.48. The van der Waals surface area contributed by atoms with Crippen LogP contribution in [0.15, 0.2) is 36.5 Å². The molecule has 200 valence electrons. The van der Waals surface area contributed by atoms with Crippen LogP contribution in [0.4, 0.5) is 4.79 Å². The lowest BCUT2D eigenvalue weighted by atomic mass is 9.99. The highest BCUT2D eigenvalue weighted by Gasteiger charge is 2.36. The van der Waals surface area contributed by atoms with Gasteiger partial charge in [-0.3, -0.25) is 14.7 Å². The SMILES string of the molecule is COC(=O)N1CC[C@H](Oc2cc(C(=O)NCc3ccc(Cl)cc3)ncc2CN2C[C@H](OC)[C@H]2C)C[C@H]1C. The lowest BCUT2D eigenvalue weighted by Crippen LogP contribution is -2.58. The molecule has 0 spiro atoms. The molecule has 4 rings (SSSR count). The van der Waals surface area contributed by atoms with Crippen LogP contribution in [0.5, 0.6) is 5.75 Å². The first-order valence-electron chi connectivity index (χ1n) is 12.6. The normalized spacial score (nSPS) is 23.8. The van der Waals surface area contributed by atoms with Crippen molar-refractivity contribution in [2.24, 2.45) is 0 Å². The molecule has 37 heavy (non-hydrogen) atoms. The maximum absolute atomic E-state index is 12.9. The quantitative estimate of drug-likeness (QED) is 0.553. The Hall–Kier alpha value is -2.88. The Kier molecular flexibility index (Phi) is 8.89. The Bertz CT molecular complexity index is 1100. The summed E-state index contributed by atoms with van der Waals surface area (Å²) in [6.07, 6.45) is 2.86. The summed E-state index contributed by atoms with van der Waals surface area (Å²) < 4.78 is 16.9. The number of nitrogens with zero attached hydrogens (tertiary/aromatic N) is 3. The Morgan fingerprint density at radius 1 is 1.19 bits per heavy atom. The van der Waals surface area contributed by atoms with E-state index in [0.29, 0.717) is 48.9 Å². The van der Waals surface area contributed by atoms with Gasteiger partial charge in [0.15, 0.2) is 0 Å². The maximum atomic E-state index is 12.9. The van der Waals surface area contributed by atoms with E-state index in [1.165, 1.54) is 7.11 Å². The van der Waals surface area contributed by atoms with Crippen molar-refractivity contribution in [3.05, 3.63) is 58.4 Å². The van der Waals surface area contributed by atoms with Gasteiger partial charge in [0.25, 0.3) is 5.91 Å². The fourth-order valence-electron chi connectivity index (χ4n) is 4.84. The van der Waals surface area contributed by atoms with Gasteiger partial charge in [-0.15, -0.1) is 0 Å². The van der Waals surface area contributed by atoms with Crippen molar-refractivity contribution in [1.29, 1.82) is 0 Å². The first-order valence-corrected chi connectivity index (χ1v) is 13.0. The van der Waals surface area contributed by atoms with Gasteiger partial charge in [-0.1, -0.05) is 23.7 Å². The van der Waals surface area contributed by atoms with Gasteiger partial charge in [-0.05, 0) is 31.5 Å². The van der Waals surface area contributed by atoms with Crippen molar-refractivity contribution in [3.8, 4) is 5.75 Å². The third-order valence-corrected chi connectivity index (χ3v) is 7.53. The summed E-state index contributed by atoms with van der Waals surface area (Å²) in [5.41, 5.74) is 2.15. The van der Waals surface area contributed by atoms with Crippen molar-refractivity contribution >= 4 is 23.6 Å². The monoisotopic (exact) mass is 530 g/mol. The van der Waals surface area contributed by atoms with Gasteiger partial charge in [0, 0.05) is 81.1 Å². The number of hydrogen-bond acceptors (Lipinski definition) is 7. The summed E-state index contributed by atoms with van der Waals surface area (Å²) in [6, 6.07) is 9.31. The molecule has 2 aliphatic heterocycles. The van der Waals surface area contributed by atoms with Crippen molar-refractivity contribution in [1.82, 2.24) is 20.1 Å². The highest BCUT2D eigenvalue weighted by molar-refractivity contribution is 6.30. The van der Waals surface area contributed by atoms with Crippen LogP contribution < -0.4 is 10.1 Å². The van der Waals surface area contributed by atoms with E-state index in [-0.39, 0.29) is 36.3 Å². The fourth-order valence-corrected chi connectivity index (χ4v) is 4.97. The molecule has 4 atom stereocenters. The zero-order chi connectivity index (χ0) is 26.5. The molecule has 1 aromatic carbocycles. The van der Waals surface area contributed by atoms with Crippen molar-refractivity contribution < 1.29 is 23.8 Å². The zero-order valence-corrected chi connectivity index (χ0v) is 22.5. The van der Waals surface area contributed by atoms with E-state index < -0.39 is 0 Å². The van der Waals surface area contributed by atoms with E-state index in [1.54, 1.807) is 36.4 Å². The predicted octanol–water partition coefficient (Wildman–Crippen LogP) is 3.88. The zero-order valence-electron chi connectivity index (χ0n) is 21.8. The minimum atomic E-state index is -0.324. The molecule has 0 unspecified atom stereocenters. The van der Waals surface area contributed by atoms with Gasteiger partial charge in [0.2, 0.25) is 0 Å². The van der Waals surface area contributed by atoms with Crippen LogP contribution in [0.2, 0.25) is 5.02 Å². The number of ether oxygens (including phenoxy) is 3. The summed E-state index contributed by atoms with van der Waals surface area (Å²) in [5.74, 6) is 0.362. The summed E-state index contributed by atoms with van der Waals surface area (Å²) >= 11 is 5.95. The minimum absolute atomic E-state index is 0.0171. The number of amides is 2. The molecular formula is C27H35ClN4O5. The number of rotatable bonds is 8. The number of benzene rings is 1. The van der Waals surface area contributed by atoms with Crippen LogP contribution in [0.25, 0.3) is 0 Å². The molecule has 0 bridgehead atoms. The van der Waals surface area contributed by atoms with Gasteiger partial charge in [0.1, 0.15) is 17.5 Å².